The van der Waals surface area contributed by atoms with Gasteiger partial charge >= 0.3 is 0 Å². The van der Waals surface area contributed by atoms with Crippen LogP contribution in [0.25, 0.3) is 0 Å². The van der Waals surface area contributed by atoms with E-state index in [1.54, 1.807) is 0 Å². The van der Waals surface area contributed by atoms with Gasteiger partial charge in [0.2, 0.25) is 11.8 Å². The minimum Gasteiger partial charge on any atom is -0.300 e. The third kappa shape index (κ3) is 2.36. The molecule has 0 spiro atoms. The smallest absolute Gasteiger partial charge is 0.243 e. The largest absolute Gasteiger partial charge is 0.300 e. The van der Waals surface area contributed by atoms with Crippen molar-refractivity contribution >= 4 is 11.8 Å². The van der Waals surface area contributed by atoms with Crippen LogP contribution < -0.4 is 5.32 Å². The topological polar surface area (TPSA) is 73.2 Å². The number of hydrogen-bond acceptors (Lipinski definition) is 4. The van der Waals surface area contributed by atoms with E-state index < -0.39 is 5.82 Å². The lowest BCUT2D eigenvalue weighted by molar-refractivity contribution is -0.147. The van der Waals surface area contributed by atoms with E-state index in [4.69, 9.17) is 5.26 Å². The molecule has 1 aromatic carbocycles. The molecule has 92 valence electrons. The Morgan fingerprint density at radius 2 is 2.00 bits per heavy atom. The standard InChI is InChI=1S/C12H10FN3O2/c13-10-2-1-8(4-14)9(3-10)7-16-11(17)5-15-6-12(16)18/h1-3,15H,5-7H2. The molecule has 0 aromatic heterocycles. The summed E-state index contributed by atoms with van der Waals surface area (Å²) in [5.41, 5.74) is 0.594. The van der Waals surface area contributed by atoms with Gasteiger partial charge in [-0.15, -0.1) is 0 Å². The van der Waals surface area contributed by atoms with Gasteiger partial charge in [-0.1, -0.05) is 0 Å². The van der Waals surface area contributed by atoms with E-state index in [1.807, 2.05) is 6.07 Å². The van der Waals surface area contributed by atoms with Gasteiger partial charge in [0.25, 0.3) is 0 Å². The summed E-state index contributed by atoms with van der Waals surface area (Å²) in [7, 11) is 0. The Labute approximate surface area is 103 Å². The molecular formula is C12H10FN3O2. The summed E-state index contributed by atoms with van der Waals surface area (Å²) in [4.78, 5) is 24.2. The summed E-state index contributed by atoms with van der Waals surface area (Å²) in [5, 5.41) is 11.6. The molecule has 0 saturated carbocycles. The first-order valence-electron chi connectivity index (χ1n) is 5.34. The number of carbonyl (C=O) groups excluding carboxylic acids is 2. The van der Waals surface area contributed by atoms with Gasteiger partial charge in [0.15, 0.2) is 0 Å². The molecule has 0 bridgehead atoms. The van der Waals surface area contributed by atoms with Crippen molar-refractivity contribution in [1.29, 1.82) is 5.26 Å². The number of amides is 2. The van der Waals surface area contributed by atoms with E-state index in [0.717, 1.165) is 4.90 Å². The lowest BCUT2D eigenvalue weighted by Gasteiger charge is -2.25. The summed E-state index contributed by atoms with van der Waals surface area (Å²) in [6.45, 7) is 0.0753. The molecule has 2 rings (SSSR count). The van der Waals surface area contributed by atoms with Crippen LogP contribution >= 0.6 is 0 Å². The van der Waals surface area contributed by atoms with Gasteiger partial charge in [-0.25, -0.2) is 4.39 Å². The highest BCUT2D eigenvalue weighted by molar-refractivity contribution is 5.99. The molecule has 1 heterocycles. The second kappa shape index (κ2) is 4.94. The van der Waals surface area contributed by atoms with Crippen LogP contribution in [-0.2, 0) is 16.1 Å². The van der Waals surface area contributed by atoms with Crippen molar-refractivity contribution in [3.63, 3.8) is 0 Å². The number of rotatable bonds is 2. The van der Waals surface area contributed by atoms with Crippen molar-refractivity contribution in [2.45, 2.75) is 6.54 Å². The highest BCUT2D eigenvalue weighted by atomic mass is 19.1. The maximum atomic E-state index is 13.1. The van der Waals surface area contributed by atoms with Crippen molar-refractivity contribution in [3.05, 3.63) is 35.1 Å². The maximum absolute atomic E-state index is 13.1. The number of benzene rings is 1. The Kier molecular flexibility index (Phi) is 3.35. The molecule has 0 unspecified atom stereocenters. The molecule has 1 aliphatic rings. The molecular weight excluding hydrogens is 237 g/mol. The number of nitriles is 1. The van der Waals surface area contributed by atoms with Crippen LogP contribution in [0.15, 0.2) is 18.2 Å². The number of carbonyl (C=O) groups is 2. The molecule has 1 aliphatic heterocycles. The van der Waals surface area contributed by atoms with Crippen molar-refractivity contribution in [2.75, 3.05) is 13.1 Å². The Morgan fingerprint density at radius 3 is 2.61 bits per heavy atom. The zero-order valence-electron chi connectivity index (χ0n) is 9.44. The molecule has 0 aliphatic carbocycles. The quantitative estimate of drug-likeness (QED) is 0.755. The lowest BCUT2D eigenvalue weighted by Crippen LogP contribution is -2.51. The number of halogens is 1. The van der Waals surface area contributed by atoms with Crippen molar-refractivity contribution in [3.8, 4) is 6.07 Å². The first-order chi connectivity index (χ1) is 8.61. The van der Waals surface area contributed by atoms with Gasteiger partial charge in [0.05, 0.1) is 31.3 Å². The van der Waals surface area contributed by atoms with E-state index in [2.05, 4.69) is 5.32 Å². The Morgan fingerprint density at radius 1 is 1.33 bits per heavy atom. The predicted octanol–water partition coefficient (Wildman–Crippen LogP) is 0.156. The lowest BCUT2D eigenvalue weighted by atomic mass is 10.1. The molecule has 0 radical (unpaired) electrons. The van der Waals surface area contributed by atoms with Gasteiger partial charge in [0, 0.05) is 0 Å². The zero-order valence-corrected chi connectivity index (χ0v) is 9.44. The van der Waals surface area contributed by atoms with E-state index in [1.165, 1.54) is 18.2 Å². The number of imide groups is 1. The molecule has 1 N–H and O–H groups in total. The summed E-state index contributed by atoms with van der Waals surface area (Å²) in [6.07, 6.45) is 0. The van der Waals surface area contributed by atoms with Gasteiger partial charge in [0.1, 0.15) is 5.82 Å². The van der Waals surface area contributed by atoms with E-state index in [9.17, 15) is 14.0 Å². The molecule has 5 nitrogen and oxygen atoms in total. The summed E-state index contributed by atoms with van der Waals surface area (Å²) >= 11 is 0. The fourth-order valence-electron chi connectivity index (χ4n) is 1.76. The van der Waals surface area contributed by atoms with Gasteiger partial charge < -0.3 is 0 Å². The minimum atomic E-state index is -0.501. The summed E-state index contributed by atoms with van der Waals surface area (Å²) < 4.78 is 13.1. The Balaban J connectivity index is 2.28. The molecule has 1 saturated heterocycles. The highest BCUT2D eigenvalue weighted by Crippen LogP contribution is 2.14. The number of nitrogens with one attached hydrogen (secondary N) is 1. The van der Waals surface area contributed by atoms with Crippen LogP contribution in [0.1, 0.15) is 11.1 Å². The van der Waals surface area contributed by atoms with Gasteiger partial charge in [-0.05, 0) is 23.8 Å². The van der Waals surface area contributed by atoms with Crippen molar-refractivity contribution in [1.82, 2.24) is 10.2 Å². The SMILES string of the molecule is N#Cc1ccc(F)cc1CN1C(=O)CNCC1=O. The Hall–Kier alpha value is -2.26. The van der Waals surface area contributed by atoms with Crippen LogP contribution in [0.4, 0.5) is 4.39 Å². The van der Waals surface area contributed by atoms with Crippen LogP contribution in [0.2, 0.25) is 0 Å². The summed E-state index contributed by atoms with van der Waals surface area (Å²) in [6, 6.07) is 5.58. The third-order valence-electron chi connectivity index (χ3n) is 2.67. The number of nitrogens with zero attached hydrogens (tertiary/aromatic N) is 2. The average Bonchev–Trinajstić information content (AvgIpc) is 2.34. The van der Waals surface area contributed by atoms with Crippen molar-refractivity contribution < 1.29 is 14.0 Å². The van der Waals surface area contributed by atoms with Crippen LogP contribution in [0.5, 0.6) is 0 Å². The third-order valence-corrected chi connectivity index (χ3v) is 2.67. The normalized spacial score (nSPS) is 15.7. The molecule has 6 heteroatoms. The fourth-order valence-corrected chi connectivity index (χ4v) is 1.76. The predicted molar refractivity (Wildman–Crippen MR) is 59.5 cm³/mol. The van der Waals surface area contributed by atoms with Crippen LogP contribution in [0.3, 0.4) is 0 Å². The monoisotopic (exact) mass is 247 g/mol. The van der Waals surface area contributed by atoms with Crippen LogP contribution in [-0.4, -0.2) is 29.8 Å². The Bertz CT molecular complexity index is 535. The first-order valence-corrected chi connectivity index (χ1v) is 5.34. The minimum absolute atomic E-state index is 0.0694. The fraction of sp³-hybridized carbons (Fsp3) is 0.250. The van der Waals surface area contributed by atoms with Crippen molar-refractivity contribution in [2.24, 2.45) is 0 Å². The zero-order chi connectivity index (χ0) is 13.1. The second-order valence-electron chi connectivity index (χ2n) is 3.89. The van der Waals surface area contributed by atoms with Crippen LogP contribution in [0, 0.1) is 17.1 Å². The number of hydrogen-bond donors (Lipinski definition) is 1. The second-order valence-corrected chi connectivity index (χ2v) is 3.89. The van der Waals surface area contributed by atoms with Gasteiger partial charge in [-0.2, -0.15) is 5.26 Å². The molecule has 18 heavy (non-hydrogen) atoms. The average molecular weight is 247 g/mol. The molecule has 1 aromatic rings. The van der Waals surface area contributed by atoms with E-state index in [0.29, 0.717) is 5.56 Å². The van der Waals surface area contributed by atoms with E-state index in [-0.39, 0.29) is 37.0 Å². The maximum Gasteiger partial charge on any atom is 0.243 e. The molecule has 2 amide bonds. The highest BCUT2D eigenvalue weighted by Gasteiger charge is 2.26. The number of piperazine rings is 1. The van der Waals surface area contributed by atoms with Gasteiger partial charge in [-0.3, -0.25) is 19.8 Å². The molecule has 0 atom stereocenters. The first kappa shape index (κ1) is 12.2. The molecule has 1 fully saturated rings. The summed E-state index contributed by atoms with van der Waals surface area (Å²) in [5.74, 6) is -1.25. The van der Waals surface area contributed by atoms with E-state index >= 15 is 0 Å².